The molecule has 0 radical (unpaired) electrons. The number of nitrogens with two attached hydrogens (primary N) is 1. The number of primary amides is 1. The van der Waals surface area contributed by atoms with Crippen LogP contribution in [0.3, 0.4) is 0 Å². The van der Waals surface area contributed by atoms with Crippen molar-refractivity contribution in [1.29, 1.82) is 5.26 Å². The van der Waals surface area contributed by atoms with Crippen molar-refractivity contribution in [2.45, 2.75) is 45.2 Å². The lowest BCUT2D eigenvalue weighted by molar-refractivity contribution is -0.119. The van der Waals surface area contributed by atoms with E-state index in [9.17, 15) is 4.79 Å². The maximum Gasteiger partial charge on any atom is 0.219 e. The van der Waals surface area contributed by atoms with E-state index in [0.717, 1.165) is 6.42 Å². The first-order valence-electron chi connectivity index (χ1n) is 4.37. The van der Waals surface area contributed by atoms with Crippen LogP contribution in [-0.2, 0) is 4.79 Å². The fraction of sp³-hybridized carbons (Fsp3) is 0.778. The Kier molecular flexibility index (Phi) is 4.43. The summed E-state index contributed by atoms with van der Waals surface area (Å²) in [6.45, 7) is 5.64. The normalized spacial score (nSPS) is 13.4. The van der Waals surface area contributed by atoms with Crippen LogP contribution in [0.5, 0.6) is 0 Å². The first kappa shape index (κ1) is 11.9. The first-order chi connectivity index (χ1) is 5.91. The maximum atomic E-state index is 10.7. The molecule has 0 spiro atoms. The second kappa shape index (κ2) is 4.83. The molecular formula is C9H17N3O. The van der Waals surface area contributed by atoms with E-state index in [1.54, 1.807) is 0 Å². The molecule has 0 bridgehead atoms. The van der Waals surface area contributed by atoms with Crippen LogP contribution in [0.4, 0.5) is 0 Å². The lowest BCUT2D eigenvalue weighted by atomic mass is 9.98. The van der Waals surface area contributed by atoms with Gasteiger partial charge >= 0.3 is 0 Å². The van der Waals surface area contributed by atoms with Crippen LogP contribution < -0.4 is 11.1 Å². The number of hydrogen-bond donors (Lipinski definition) is 2. The van der Waals surface area contributed by atoms with Gasteiger partial charge < -0.3 is 5.73 Å². The van der Waals surface area contributed by atoms with Crippen molar-refractivity contribution < 1.29 is 4.79 Å². The standard InChI is InChI=1S/C9H17N3O/c1-4-7(6-10)12-9(2,3)5-8(11)13/h7,12H,4-5H2,1-3H3,(H2,11,13). The van der Waals surface area contributed by atoms with Crippen molar-refractivity contribution in [3.63, 3.8) is 0 Å². The van der Waals surface area contributed by atoms with E-state index in [2.05, 4.69) is 11.4 Å². The maximum absolute atomic E-state index is 10.7. The topological polar surface area (TPSA) is 78.9 Å². The van der Waals surface area contributed by atoms with Crippen molar-refractivity contribution in [2.24, 2.45) is 5.73 Å². The summed E-state index contributed by atoms with van der Waals surface area (Å²) in [6, 6.07) is 1.90. The van der Waals surface area contributed by atoms with Gasteiger partial charge in [0.2, 0.25) is 5.91 Å². The van der Waals surface area contributed by atoms with Gasteiger partial charge in [-0.15, -0.1) is 0 Å². The van der Waals surface area contributed by atoms with Crippen LogP contribution in [0.15, 0.2) is 0 Å². The average Bonchev–Trinajstić information content (AvgIpc) is 1.97. The van der Waals surface area contributed by atoms with Gasteiger partial charge in [0.15, 0.2) is 0 Å². The van der Waals surface area contributed by atoms with E-state index in [1.165, 1.54) is 0 Å². The molecule has 0 aromatic heterocycles. The molecule has 0 rings (SSSR count). The number of nitrogens with one attached hydrogen (secondary N) is 1. The third kappa shape index (κ3) is 5.21. The molecule has 0 aliphatic heterocycles. The summed E-state index contributed by atoms with van der Waals surface area (Å²) < 4.78 is 0. The van der Waals surface area contributed by atoms with Gasteiger partial charge in [0.25, 0.3) is 0 Å². The lowest BCUT2D eigenvalue weighted by Gasteiger charge is -2.27. The third-order valence-corrected chi connectivity index (χ3v) is 1.75. The zero-order valence-corrected chi connectivity index (χ0v) is 8.42. The van der Waals surface area contributed by atoms with E-state index < -0.39 is 5.54 Å². The Hall–Kier alpha value is -1.08. The Bertz CT molecular complexity index is 217. The molecule has 0 heterocycles. The number of carbonyl (C=O) groups is 1. The quantitative estimate of drug-likeness (QED) is 0.652. The van der Waals surface area contributed by atoms with Crippen molar-refractivity contribution in [3.05, 3.63) is 0 Å². The van der Waals surface area contributed by atoms with Crippen LogP contribution >= 0.6 is 0 Å². The molecule has 1 atom stereocenters. The average molecular weight is 183 g/mol. The highest BCUT2D eigenvalue weighted by molar-refractivity contribution is 5.75. The molecule has 4 nitrogen and oxygen atoms in total. The fourth-order valence-electron chi connectivity index (χ4n) is 1.18. The van der Waals surface area contributed by atoms with Crippen molar-refractivity contribution in [1.82, 2.24) is 5.32 Å². The summed E-state index contributed by atoms with van der Waals surface area (Å²) in [7, 11) is 0. The first-order valence-corrected chi connectivity index (χ1v) is 4.37. The zero-order chi connectivity index (χ0) is 10.5. The minimum Gasteiger partial charge on any atom is -0.370 e. The number of carbonyl (C=O) groups excluding carboxylic acids is 1. The number of nitriles is 1. The molecule has 74 valence electrons. The molecule has 0 aromatic rings. The summed E-state index contributed by atoms with van der Waals surface area (Å²) >= 11 is 0. The predicted octanol–water partition coefficient (Wildman–Crippen LogP) is 0.532. The molecule has 0 fully saturated rings. The Morgan fingerprint density at radius 2 is 2.23 bits per heavy atom. The zero-order valence-electron chi connectivity index (χ0n) is 8.42. The number of nitrogens with zero attached hydrogens (tertiary/aromatic N) is 1. The number of rotatable bonds is 5. The summed E-state index contributed by atoms with van der Waals surface area (Å²) in [5, 5.41) is 11.8. The van der Waals surface area contributed by atoms with Crippen molar-refractivity contribution >= 4 is 5.91 Å². The second-order valence-corrected chi connectivity index (χ2v) is 3.76. The lowest BCUT2D eigenvalue weighted by Crippen LogP contribution is -2.47. The van der Waals surface area contributed by atoms with Gasteiger partial charge in [0.05, 0.1) is 12.1 Å². The Morgan fingerprint density at radius 1 is 1.69 bits per heavy atom. The van der Waals surface area contributed by atoms with Crippen molar-refractivity contribution in [2.75, 3.05) is 0 Å². The van der Waals surface area contributed by atoms with Gasteiger partial charge in [-0.3, -0.25) is 10.1 Å². The molecule has 1 unspecified atom stereocenters. The van der Waals surface area contributed by atoms with E-state index >= 15 is 0 Å². The van der Waals surface area contributed by atoms with Gasteiger partial charge in [-0.1, -0.05) is 6.92 Å². The van der Waals surface area contributed by atoms with Gasteiger partial charge in [0.1, 0.15) is 0 Å². The minimum atomic E-state index is -0.401. The van der Waals surface area contributed by atoms with Gasteiger partial charge in [-0.05, 0) is 20.3 Å². The molecular weight excluding hydrogens is 166 g/mol. The van der Waals surface area contributed by atoms with Crippen LogP contribution in [-0.4, -0.2) is 17.5 Å². The Balaban J connectivity index is 4.16. The highest BCUT2D eigenvalue weighted by Crippen LogP contribution is 2.09. The molecule has 0 saturated carbocycles. The second-order valence-electron chi connectivity index (χ2n) is 3.76. The fourth-order valence-corrected chi connectivity index (χ4v) is 1.18. The van der Waals surface area contributed by atoms with Crippen LogP contribution in [0.1, 0.15) is 33.6 Å². The Labute approximate surface area is 79.1 Å². The molecule has 13 heavy (non-hydrogen) atoms. The van der Waals surface area contributed by atoms with Gasteiger partial charge in [-0.25, -0.2) is 0 Å². The van der Waals surface area contributed by atoms with E-state index in [1.807, 2.05) is 20.8 Å². The largest absolute Gasteiger partial charge is 0.370 e. The van der Waals surface area contributed by atoms with Crippen LogP contribution in [0, 0.1) is 11.3 Å². The van der Waals surface area contributed by atoms with E-state index in [0.29, 0.717) is 0 Å². The smallest absolute Gasteiger partial charge is 0.219 e. The summed E-state index contributed by atoms with van der Waals surface area (Å²) in [5.74, 6) is -0.356. The molecule has 0 aromatic carbocycles. The van der Waals surface area contributed by atoms with E-state index in [-0.39, 0.29) is 18.4 Å². The molecule has 3 N–H and O–H groups in total. The molecule has 0 aliphatic rings. The summed E-state index contributed by atoms with van der Waals surface area (Å²) in [6.07, 6.45) is 0.962. The highest BCUT2D eigenvalue weighted by atomic mass is 16.1. The molecule has 0 saturated heterocycles. The van der Waals surface area contributed by atoms with Crippen molar-refractivity contribution in [3.8, 4) is 6.07 Å². The van der Waals surface area contributed by atoms with E-state index in [4.69, 9.17) is 11.0 Å². The monoisotopic (exact) mass is 183 g/mol. The Morgan fingerprint density at radius 3 is 2.54 bits per heavy atom. The summed E-state index contributed by atoms with van der Waals surface area (Å²) in [5.41, 5.74) is 4.67. The predicted molar refractivity (Wildman–Crippen MR) is 50.7 cm³/mol. The third-order valence-electron chi connectivity index (χ3n) is 1.75. The highest BCUT2D eigenvalue weighted by Gasteiger charge is 2.23. The van der Waals surface area contributed by atoms with Gasteiger partial charge in [-0.2, -0.15) is 5.26 Å². The van der Waals surface area contributed by atoms with Crippen LogP contribution in [0.2, 0.25) is 0 Å². The molecule has 0 aliphatic carbocycles. The minimum absolute atomic E-state index is 0.214. The van der Waals surface area contributed by atoms with Crippen LogP contribution in [0.25, 0.3) is 0 Å². The van der Waals surface area contributed by atoms with Gasteiger partial charge in [0, 0.05) is 12.0 Å². The number of amides is 1. The molecule has 4 heteroatoms. The number of hydrogen-bond acceptors (Lipinski definition) is 3. The summed E-state index contributed by atoms with van der Waals surface area (Å²) in [4.78, 5) is 10.7. The molecule has 1 amide bonds. The SMILES string of the molecule is CCC(C#N)NC(C)(C)CC(N)=O.